The zero-order valence-corrected chi connectivity index (χ0v) is 12.0. The van der Waals surface area contributed by atoms with Gasteiger partial charge in [0.15, 0.2) is 0 Å². The summed E-state index contributed by atoms with van der Waals surface area (Å²) in [7, 11) is 0. The van der Waals surface area contributed by atoms with Crippen LogP contribution in [0, 0.1) is 5.82 Å². The van der Waals surface area contributed by atoms with Crippen molar-refractivity contribution in [2.45, 2.75) is 25.9 Å². The molecule has 0 aliphatic carbocycles. The molecule has 0 saturated carbocycles. The van der Waals surface area contributed by atoms with E-state index in [-0.39, 0.29) is 11.9 Å². The maximum absolute atomic E-state index is 13.9. The van der Waals surface area contributed by atoms with Crippen LogP contribution in [-0.4, -0.2) is 9.78 Å². The van der Waals surface area contributed by atoms with Gasteiger partial charge in [-0.25, -0.2) is 4.39 Å². The molecule has 2 aromatic carbocycles. The Bertz CT molecular complexity index is 764. The van der Waals surface area contributed by atoms with Gasteiger partial charge < -0.3 is 5.73 Å². The molecule has 0 fully saturated rings. The molecule has 0 aliphatic rings. The van der Waals surface area contributed by atoms with Gasteiger partial charge in [0.25, 0.3) is 0 Å². The van der Waals surface area contributed by atoms with Crippen LogP contribution in [0.3, 0.4) is 0 Å². The summed E-state index contributed by atoms with van der Waals surface area (Å²) < 4.78 is 15.8. The molecule has 0 amide bonds. The van der Waals surface area contributed by atoms with Crippen LogP contribution in [-0.2, 0) is 6.54 Å². The van der Waals surface area contributed by atoms with Crippen LogP contribution in [0.5, 0.6) is 0 Å². The average molecular weight is 283 g/mol. The fourth-order valence-electron chi connectivity index (χ4n) is 2.63. The molecule has 21 heavy (non-hydrogen) atoms. The fourth-order valence-corrected chi connectivity index (χ4v) is 2.63. The first-order valence-electron chi connectivity index (χ1n) is 7.15. The van der Waals surface area contributed by atoms with Gasteiger partial charge in [-0.3, -0.25) is 4.68 Å². The third kappa shape index (κ3) is 2.54. The Morgan fingerprint density at radius 3 is 2.71 bits per heavy atom. The van der Waals surface area contributed by atoms with Gasteiger partial charge in [-0.2, -0.15) is 5.10 Å². The number of rotatable bonds is 4. The number of hydrogen-bond acceptors (Lipinski definition) is 2. The highest BCUT2D eigenvalue weighted by molar-refractivity contribution is 5.87. The lowest BCUT2D eigenvalue weighted by Gasteiger charge is -2.13. The molecule has 1 heterocycles. The standard InChI is InChI=1S/C17H18FN3/c1-2-9-21-11-12(10-20-21)17(19)15-7-8-16(18)14-6-4-3-5-13(14)15/h3-8,10-11,17H,2,9,19H2,1H3. The van der Waals surface area contributed by atoms with Crippen LogP contribution in [0.2, 0.25) is 0 Å². The Kier molecular flexibility index (Phi) is 3.71. The summed E-state index contributed by atoms with van der Waals surface area (Å²) in [5, 5.41) is 5.77. The van der Waals surface area contributed by atoms with Gasteiger partial charge in [-0.1, -0.05) is 37.3 Å². The number of benzene rings is 2. The minimum Gasteiger partial charge on any atom is -0.320 e. The SMILES string of the molecule is CCCn1cc(C(N)c2ccc(F)c3ccccc23)cn1. The molecule has 1 aromatic heterocycles. The molecule has 0 aliphatic heterocycles. The second kappa shape index (κ2) is 5.66. The summed E-state index contributed by atoms with van der Waals surface area (Å²) in [6, 6.07) is 10.4. The van der Waals surface area contributed by atoms with E-state index in [4.69, 9.17) is 5.73 Å². The summed E-state index contributed by atoms with van der Waals surface area (Å²) in [5.74, 6) is -0.219. The van der Waals surface area contributed by atoms with E-state index in [2.05, 4.69) is 12.0 Å². The Morgan fingerprint density at radius 2 is 1.95 bits per heavy atom. The summed E-state index contributed by atoms with van der Waals surface area (Å²) in [6.07, 6.45) is 4.78. The highest BCUT2D eigenvalue weighted by Crippen LogP contribution is 2.28. The van der Waals surface area contributed by atoms with Gasteiger partial charge in [0.1, 0.15) is 5.82 Å². The van der Waals surface area contributed by atoms with Crippen LogP contribution in [0.15, 0.2) is 48.8 Å². The molecule has 108 valence electrons. The topological polar surface area (TPSA) is 43.8 Å². The molecule has 1 unspecified atom stereocenters. The predicted molar refractivity (Wildman–Crippen MR) is 82.5 cm³/mol. The largest absolute Gasteiger partial charge is 0.320 e. The monoisotopic (exact) mass is 283 g/mol. The van der Waals surface area contributed by atoms with Crippen molar-refractivity contribution in [2.75, 3.05) is 0 Å². The van der Waals surface area contributed by atoms with Crippen molar-refractivity contribution in [3.05, 3.63) is 65.7 Å². The van der Waals surface area contributed by atoms with E-state index in [0.717, 1.165) is 29.5 Å². The Balaban J connectivity index is 2.04. The fraction of sp³-hybridized carbons (Fsp3) is 0.235. The number of halogens is 1. The quantitative estimate of drug-likeness (QED) is 0.794. The minimum atomic E-state index is -0.305. The Morgan fingerprint density at radius 1 is 1.19 bits per heavy atom. The van der Waals surface area contributed by atoms with Gasteiger partial charge in [0.2, 0.25) is 0 Å². The lowest BCUT2D eigenvalue weighted by Crippen LogP contribution is -2.12. The van der Waals surface area contributed by atoms with Crippen molar-refractivity contribution >= 4 is 10.8 Å². The molecule has 0 radical (unpaired) electrons. The predicted octanol–water partition coefficient (Wildman–Crippen LogP) is 3.63. The van der Waals surface area contributed by atoms with Gasteiger partial charge in [-0.15, -0.1) is 0 Å². The van der Waals surface area contributed by atoms with E-state index >= 15 is 0 Å². The number of nitrogens with two attached hydrogens (primary N) is 1. The number of fused-ring (bicyclic) bond motifs is 1. The van der Waals surface area contributed by atoms with Crippen LogP contribution in [0.25, 0.3) is 10.8 Å². The van der Waals surface area contributed by atoms with Crippen LogP contribution < -0.4 is 5.73 Å². The summed E-state index contributed by atoms with van der Waals surface area (Å²) in [6.45, 7) is 2.98. The molecule has 0 saturated heterocycles. The number of aromatic nitrogens is 2. The van der Waals surface area contributed by atoms with E-state index in [1.807, 2.05) is 29.1 Å². The van der Waals surface area contributed by atoms with E-state index in [0.29, 0.717) is 5.39 Å². The third-order valence-corrected chi connectivity index (χ3v) is 3.70. The molecular formula is C17H18FN3. The molecule has 0 spiro atoms. The first-order valence-corrected chi connectivity index (χ1v) is 7.15. The van der Waals surface area contributed by atoms with Crippen LogP contribution in [0.1, 0.15) is 30.5 Å². The van der Waals surface area contributed by atoms with Crippen molar-refractivity contribution in [2.24, 2.45) is 5.73 Å². The van der Waals surface area contributed by atoms with Crippen molar-refractivity contribution in [1.29, 1.82) is 0 Å². The van der Waals surface area contributed by atoms with Gasteiger partial charge in [0.05, 0.1) is 12.2 Å². The summed E-state index contributed by atoms with van der Waals surface area (Å²) >= 11 is 0. The minimum absolute atomic E-state index is 0.219. The van der Waals surface area contributed by atoms with Crippen molar-refractivity contribution < 1.29 is 4.39 Å². The zero-order chi connectivity index (χ0) is 14.8. The van der Waals surface area contributed by atoms with Crippen molar-refractivity contribution in [1.82, 2.24) is 9.78 Å². The van der Waals surface area contributed by atoms with Gasteiger partial charge in [-0.05, 0) is 23.4 Å². The first kappa shape index (κ1) is 13.8. The number of aryl methyl sites for hydroxylation is 1. The van der Waals surface area contributed by atoms with Crippen molar-refractivity contribution in [3.8, 4) is 0 Å². The molecule has 0 bridgehead atoms. The second-order valence-electron chi connectivity index (χ2n) is 5.20. The summed E-state index contributed by atoms with van der Waals surface area (Å²) in [5.41, 5.74) is 8.23. The Labute approximate surface area is 123 Å². The number of hydrogen-bond donors (Lipinski definition) is 1. The average Bonchev–Trinajstić information content (AvgIpc) is 2.96. The molecule has 3 aromatic rings. The summed E-state index contributed by atoms with van der Waals surface area (Å²) in [4.78, 5) is 0. The first-order chi connectivity index (χ1) is 10.2. The van der Waals surface area contributed by atoms with E-state index in [9.17, 15) is 4.39 Å². The maximum Gasteiger partial charge on any atom is 0.131 e. The smallest absolute Gasteiger partial charge is 0.131 e. The van der Waals surface area contributed by atoms with E-state index in [1.54, 1.807) is 18.3 Å². The highest BCUT2D eigenvalue weighted by Gasteiger charge is 2.15. The lowest BCUT2D eigenvalue weighted by molar-refractivity contribution is 0.602. The highest BCUT2D eigenvalue weighted by atomic mass is 19.1. The lowest BCUT2D eigenvalue weighted by atomic mass is 9.96. The zero-order valence-electron chi connectivity index (χ0n) is 12.0. The van der Waals surface area contributed by atoms with Crippen molar-refractivity contribution in [3.63, 3.8) is 0 Å². The molecule has 2 N–H and O–H groups in total. The molecular weight excluding hydrogens is 265 g/mol. The molecule has 3 rings (SSSR count). The van der Waals surface area contributed by atoms with Crippen LogP contribution in [0.4, 0.5) is 4.39 Å². The second-order valence-corrected chi connectivity index (χ2v) is 5.20. The molecule has 3 nitrogen and oxygen atoms in total. The van der Waals surface area contributed by atoms with E-state index in [1.165, 1.54) is 6.07 Å². The third-order valence-electron chi connectivity index (χ3n) is 3.70. The Hall–Kier alpha value is -2.20. The van der Waals surface area contributed by atoms with Crippen LogP contribution >= 0.6 is 0 Å². The number of nitrogens with zero attached hydrogens (tertiary/aromatic N) is 2. The van der Waals surface area contributed by atoms with Gasteiger partial charge in [0, 0.05) is 23.7 Å². The normalized spacial score (nSPS) is 12.7. The molecule has 1 atom stereocenters. The maximum atomic E-state index is 13.9. The van der Waals surface area contributed by atoms with Gasteiger partial charge >= 0.3 is 0 Å². The van der Waals surface area contributed by atoms with E-state index < -0.39 is 0 Å². The molecule has 4 heteroatoms.